The molecule has 0 bridgehead atoms. The normalized spacial score (nSPS) is 21.9. The Morgan fingerprint density at radius 2 is 2.08 bits per heavy atom. The van der Waals surface area contributed by atoms with Gasteiger partial charge in [0.25, 0.3) is 0 Å². The molecular weight excluding hydrogens is 326 g/mol. The average Bonchev–Trinajstić information content (AvgIpc) is 3.01. The largest absolute Gasteiger partial charge is 0.298 e. The third-order valence-electron chi connectivity index (χ3n) is 5.46. The standard InChI is InChI=1S/C20H21N5O/c1-24-9-16(8-22-24)19-3-2-13-7-21-17(6-20(13)23-19)5-18(26)12-25-10-14-4-15(14)11-25/h2-3,6-9,14-15H,4-5,10-12H2,1H3. The molecule has 3 aromatic heterocycles. The van der Waals surface area contributed by atoms with Crippen molar-refractivity contribution in [3.05, 3.63) is 42.5 Å². The molecule has 2 fully saturated rings. The Morgan fingerprint density at radius 3 is 2.85 bits per heavy atom. The zero-order valence-electron chi connectivity index (χ0n) is 14.8. The molecule has 26 heavy (non-hydrogen) atoms. The maximum Gasteiger partial charge on any atom is 0.152 e. The van der Waals surface area contributed by atoms with E-state index in [1.54, 1.807) is 10.9 Å². The lowest BCUT2D eigenvalue weighted by molar-refractivity contribution is -0.119. The fraction of sp³-hybridized carbons (Fsp3) is 0.400. The summed E-state index contributed by atoms with van der Waals surface area (Å²) in [5, 5.41) is 5.18. The van der Waals surface area contributed by atoms with Crippen LogP contribution in [0.25, 0.3) is 22.2 Å². The number of likely N-dealkylation sites (tertiary alicyclic amines) is 1. The van der Waals surface area contributed by atoms with Gasteiger partial charge in [-0.2, -0.15) is 5.10 Å². The number of fused-ring (bicyclic) bond motifs is 2. The number of nitrogens with zero attached hydrogens (tertiary/aromatic N) is 5. The van der Waals surface area contributed by atoms with Gasteiger partial charge in [0.1, 0.15) is 0 Å². The Kier molecular flexibility index (Phi) is 3.60. The number of hydrogen-bond donors (Lipinski definition) is 0. The van der Waals surface area contributed by atoms with Crippen LogP contribution in [0.5, 0.6) is 0 Å². The molecule has 2 aliphatic rings. The van der Waals surface area contributed by atoms with E-state index in [9.17, 15) is 4.79 Å². The van der Waals surface area contributed by atoms with E-state index in [1.807, 2.05) is 37.6 Å². The molecular formula is C20H21N5O. The summed E-state index contributed by atoms with van der Waals surface area (Å²) in [6.07, 6.45) is 7.30. The number of pyridine rings is 2. The smallest absolute Gasteiger partial charge is 0.152 e. The lowest BCUT2D eigenvalue weighted by atomic mass is 10.1. The van der Waals surface area contributed by atoms with Gasteiger partial charge < -0.3 is 0 Å². The maximum absolute atomic E-state index is 12.4. The van der Waals surface area contributed by atoms with Gasteiger partial charge in [0, 0.05) is 49.2 Å². The highest BCUT2D eigenvalue weighted by molar-refractivity contribution is 5.85. The molecule has 3 aromatic rings. The Balaban J connectivity index is 1.33. The van der Waals surface area contributed by atoms with Crippen LogP contribution in [0.15, 0.2) is 36.8 Å². The highest BCUT2D eigenvalue weighted by Gasteiger charge is 2.45. The van der Waals surface area contributed by atoms with E-state index in [1.165, 1.54) is 6.42 Å². The topological polar surface area (TPSA) is 63.9 Å². The predicted molar refractivity (Wildman–Crippen MR) is 98.5 cm³/mol. The molecule has 6 heteroatoms. The monoisotopic (exact) mass is 347 g/mol. The summed E-state index contributed by atoms with van der Waals surface area (Å²) in [5.41, 5.74) is 3.52. The van der Waals surface area contributed by atoms with Crippen molar-refractivity contribution in [1.82, 2.24) is 24.6 Å². The molecule has 0 amide bonds. The minimum Gasteiger partial charge on any atom is -0.298 e. The summed E-state index contributed by atoms with van der Waals surface area (Å²) < 4.78 is 1.76. The van der Waals surface area contributed by atoms with Gasteiger partial charge in [0.05, 0.1) is 30.4 Å². The highest BCUT2D eigenvalue weighted by atomic mass is 16.1. The third kappa shape index (κ3) is 3.01. The van der Waals surface area contributed by atoms with E-state index in [2.05, 4.69) is 15.0 Å². The first-order chi connectivity index (χ1) is 12.6. The Hall–Kier alpha value is -2.60. The predicted octanol–water partition coefficient (Wildman–Crippen LogP) is 2.09. The molecule has 4 heterocycles. The second-order valence-electron chi connectivity index (χ2n) is 7.63. The molecule has 2 atom stereocenters. The van der Waals surface area contributed by atoms with Gasteiger partial charge in [-0.1, -0.05) is 0 Å². The molecule has 0 aromatic carbocycles. The molecule has 6 nitrogen and oxygen atoms in total. The number of piperidine rings is 1. The molecule has 0 spiro atoms. The van der Waals surface area contributed by atoms with E-state index in [-0.39, 0.29) is 5.78 Å². The average molecular weight is 347 g/mol. The minimum atomic E-state index is 0.238. The first-order valence-corrected chi connectivity index (χ1v) is 9.13. The highest BCUT2D eigenvalue weighted by Crippen LogP contribution is 2.44. The van der Waals surface area contributed by atoms with Crippen LogP contribution < -0.4 is 0 Å². The number of carbonyl (C=O) groups is 1. The SMILES string of the molecule is Cn1cc(-c2ccc3cnc(CC(=O)CN4CC5CC5C4)cc3n2)cn1. The molecule has 1 saturated heterocycles. The summed E-state index contributed by atoms with van der Waals surface area (Å²) in [6, 6.07) is 5.93. The maximum atomic E-state index is 12.4. The fourth-order valence-electron chi connectivity index (χ4n) is 4.00. The van der Waals surface area contributed by atoms with Crippen LogP contribution in [0.2, 0.25) is 0 Å². The van der Waals surface area contributed by atoms with E-state index >= 15 is 0 Å². The number of aryl methyl sites for hydroxylation is 1. The first-order valence-electron chi connectivity index (χ1n) is 9.13. The second kappa shape index (κ2) is 5.99. The van der Waals surface area contributed by atoms with Crippen LogP contribution >= 0.6 is 0 Å². The van der Waals surface area contributed by atoms with Gasteiger partial charge in [-0.05, 0) is 36.5 Å². The van der Waals surface area contributed by atoms with Gasteiger partial charge in [0.2, 0.25) is 0 Å². The van der Waals surface area contributed by atoms with E-state index < -0.39 is 0 Å². The van der Waals surface area contributed by atoms with Crippen molar-refractivity contribution in [2.75, 3.05) is 19.6 Å². The van der Waals surface area contributed by atoms with Crippen LogP contribution in [0.1, 0.15) is 12.1 Å². The quantitative estimate of drug-likeness (QED) is 0.707. The van der Waals surface area contributed by atoms with Crippen LogP contribution in [-0.4, -0.2) is 50.1 Å². The third-order valence-corrected chi connectivity index (χ3v) is 5.46. The lowest BCUT2D eigenvalue weighted by Gasteiger charge is -2.15. The number of Topliss-reactive ketones (excluding diaryl/α,β-unsaturated/α-hetero) is 1. The summed E-state index contributed by atoms with van der Waals surface area (Å²) in [4.78, 5) is 23.9. The van der Waals surface area contributed by atoms with Gasteiger partial charge in [0.15, 0.2) is 5.78 Å². The van der Waals surface area contributed by atoms with Crippen LogP contribution in [-0.2, 0) is 18.3 Å². The van der Waals surface area contributed by atoms with Crippen molar-refractivity contribution >= 4 is 16.7 Å². The number of rotatable bonds is 5. The molecule has 1 saturated carbocycles. The fourth-order valence-corrected chi connectivity index (χ4v) is 4.00. The van der Waals surface area contributed by atoms with Crippen molar-refractivity contribution in [3.8, 4) is 11.3 Å². The van der Waals surface area contributed by atoms with Crippen molar-refractivity contribution in [3.63, 3.8) is 0 Å². The van der Waals surface area contributed by atoms with Crippen molar-refractivity contribution < 1.29 is 4.79 Å². The van der Waals surface area contributed by atoms with Gasteiger partial charge in [-0.3, -0.25) is 19.4 Å². The molecule has 5 rings (SSSR count). The molecule has 1 aliphatic carbocycles. The van der Waals surface area contributed by atoms with Gasteiger partial charge in [-0.25, -0.2) is 4.98 Å². The Morgan fingerprint density at radius 1 is 1.23 bits per heavy atom. The van der Waals surface area contributed by atoms with Crippen molar-refractivity contribution in [2.24, 2.45) is 18.9 Å². The minimum absolute atomic E-state index is 0.238. The van der Waals surface area contributed by atoms with Crippen molar-refractivity contribution in [2.45, 2.75) is 12.8 Å². The van der Waals surface area contributed by atoms with Crippen molar-refractivity contribution in [1.29, 1.82) is 0 Å². The van der Waals surface area contributed by atoms with E-state index in [4.69, 9.17) is 4.98 Å². The molecule has 1 aliphatic heterocycles. The van der Waals surface area contributed by atoms with Gasteiger partial charge in [-0.15, -0.1) is 0 Å². The lowest BCUT2D eigenvalue weighted by Crippen LogP contribution is -2.30. The Labute approximate surface area is 151 Å². The van der Waals surface area contributed by atoms with Crippen LogP contribution in [0, 0.1) is 11.8 Å². The summed E-state index contributed by atoms with van der Waals surface area (Å²) >= 11 is 0. The molecule has 0 radical (unpaired) electrons. The van der Waals surface area contributed by atoms with Gasteiger partial charge >= 0.3 is 0 Å². The zero-order valence-corrected chi connectivity index (χ0v) is 14.8. The Bertz CT molecular complexity index is 985. The summed E-state index contributed by atoms with van der Waals surface area (Å²) in [7, 11) is 1.89. The van der Waals surface area contributed by atoms with Crippen LogP contribution in [0.3, 0.4) is 0 Å². The molecule has 132 valence electrons. The first kappa shape index (κ1) is 15.6. The molecule has 2 unspecified atom stereocenters. The van der Waals surface area contributed by atoms with Crippen LogP contribution in [0.4, 0.5) is 0 Å². The number of carbonyl (C=O) groups excluding carboxylic acids is 1. The second-order valence-corrected chi connectivity index (χ2v) is 7.63. The van der Waals surface area contributed by atoms with E-state index in [0.717, 1.165) is 52.8 Å². The summed E-state index contributed by atoms with van der Waals surface area (Å²) in [5.74, 6) is 1.95. The number of aromatic nitrogens is 4. The number of hydrogen-bond acceptors (Lipinski definition) is 5. The molecule has 0 N–H and O–H groups in total. The number of ketones is 1. The van der Waals surface area contributed by atoms with E-state index in [0.29, 0.717) is 13.0 Å². The zero-order chi connectivity index (χ0) is 17.7. The summed E-state index contributed by atoms with van der Waals surface area (Å²) in [6.45, 7) is 2.74.